The number of hydrogen-bond donors (Lipinski definition) is 3. The number of rotatable bonds is 8. The molecule has 0 radical (unpaired) electrons. The van der Waals surface area contributed by atoms with Gasteiger partial charge in [-0.1, -0.05) is 18.9 Å². The molecule has 154 valence electrons. The Hall–Kier alpha value is -3.22. The highest BCUT2D eigenvalue weighted by Crippen LogP contribution is 2.19. The van der Waals surface area contributed by atoms with Crippen LogP contribution in [0.2, 0.25) is 0 Å². The Morgan fingerprint density at radius 3 is 2.48 bits per heavy atom. The molecule has 3 amide bonds. The summed E-state index contributed by atoms with van der Waals surface area (Å²) in [6, 6.07) is 14.1. The molecule has 0 aromatic heterocycles. The number of methoxy groups -OCH3 is 1. The molecule has 29 heavy (non-hydrogen) atoms. The zero-order valence-corrected chi connectivity index (χ0v) is 16.6. The van der Waals surface area contributed by atoms with E-state index in [1.54, 1.807) is 37.4 Å². The fourth-order valence-corrected chi connectivity index (χ4v) is 3.24. The molecule has 0 heterocycles. The number of anilines is 1. The van der Waals surface area contributed by atoms with E-state index in [0.29, 0.717) is 35.9 Å². The molecule has 2 aromatic rings. The molecule has 1 saturated carbocycles. The van der Waals surface area contributed by atoms with Crippen molar-refractivity contribution in [1.29, 1.82) is 0 Å². The molecule has 0 spiro atoms. The number of amides is 3. The van der Waals surface area contributed by atoms with Crippen LogP contribution in [-0.2, 0) is 0 Å². The quantitative estimate of drug-likeness (QED) is 0.594. The van der Waals surface area contributed by atoms with Crippen LogP contribution in [0.5, 0.6) is 11.5 Å². The molecule has 1 aliphatic carbocycles. The van der Waals surface area contributed by atoms with Crippen LogP contribution in [0.1, 0.15) is 36.0 Å². The molecule has 0 unspecified atom stereocenters. The van der Waals surface area contributed by atoms with Gasteiger partial charge in [0.2, 0.25) is 0 Å². The van der Waals surface area contributed by atoms with Gasteiger partial charge in [-0.3, -0.25) is 4.79 Å². The van der Waals surface area contributed by atoms with Gasteiger partial charge < -0.3 is 25.4 Å². The minimum Gasteiger partial charge on any atom is -0.497 e. The standard InChI is InChI=1S/C22H27N3O4/c1-28-19-7-4-8-20(15-19)29-14-13-23-22(27)25-18-11-9-16(10-12-18)21(26)24-17-5-2-3-6-17/h4,7-12,15,17H,2-3,5-6,13-14H2,1H3,(H,24,26)(H2,23,25,27). The molecule has 7 heteroatoms. The number of ether oxygens (including phenoxy) is 2. The number of hydrogen-bond acceptors (Lipinski definition) is 4. The lowest BCUT2D eigenvalue weighted by atomic mass is 10.1. The first kappa shape index (κ1) is 20.5. The van der Waals surface area contributed by atoms with Gasteiger partial charge in [0.25, 0.3) is 5.91 Å². The minimum atomic E-state index is -0.331. The second-order valence-electron chi connectivity index (χ2n) is 6.94. The summed E-state index contributed by atoms with van der Waals surface area (Å²) in [7, 11) is 1.60. The zero-order valence-electron chi connectivity index (χ0n) is 16.6. The Balaban J connectivity index is 1.38. The molecule has 2 aromatic carbocycles. The van der Waals surface area contributed by atoms with Crippen molar-refractivity contribution in [2.75, 3.05) is 25.6 Å². The maximum atomic E-state index is 12.2. The summed E-state index contributed by atoms with van der Waals surface area (Å²) in [4.78, 5) is 24.2. The van der Waals surface area contributed by atoms with Crippen molar-refractivity contribution in [2.45, 2.75) is 31.7 Å². The normalized spacial score (nSPS) is 13.6. The number of benzene rings is 2. The van der Waals surface area contributed by atoms with Crippen LogP contribution in [0.4, 0.5) is 10.5 Å². The van der Waals surface area contributed by atoms with Crippen LogP contribution in [0.3, 0.4) is 0 Å². The van der Waals surface area contributed by atoms with Crippen LogP contribution in [-0.4, -0.2) is 38.2 Å². The van der Waals surface area contributed by atoms with E-state index >= 15 is 0 Å². The van der Waals surface area contributed by atoms with Gasteiger partial charge in [-0.25, -0.2) is 4.79 Å². The van der Waals surface area contributed by atoms with Crippen molar-refractivity contribution in [2.24, 2.45) is 0 Å². The van der Waals surface area contributed by atoms with Crippen molar-refractivity contribution in [3.05, 3.63) is 54.1 Å². The van der Waals surface area contributed by atoms with E-state index in [0.717, 1.165) is 12.8 Å². The molecular formula is C22H27N3O4. The highest BCUT2D eigenvalue weighted by atomic mass is 16.5. The SMILES string of the molecule is COc1cccc(OCCNC(=O)Nc2ccc(C(=O)NC3CCCC3)cc2)c1. The van der Waals surface area contributed by atoms with Gasteiger partial charge in [0.05, 0.1) is 13.7 Å². The van der Waals surface area contributed by atoms with Crippen molar-refractivity contribution in [3.8, 4) is 11.5 Å². The predicted molar refractivity (Wildman–Crippen MR) is 112 cm³/mol. The number of urea groups is 1. The number of carbonyl (C=O) groups excluding carboxylic acids is 2. The second kappa shape index (κ2) is 10.4. The fourth-order valence-electron chi connectivity index (χ4n) is 3.24. The third kappa shape index (κ3) is 6.41. The minimum absolute atomic E-state index is 0.0670. The second-order valence-corrected chi connectivity index (χ2v) is 6.94. The lowest BCUT2D eigenvalue weighted by Crippen LogP contribution is -2.33. The van der Waals surface area contributed by atoms with Crippen LogP contribution in [0, 0.1) is 0 Å². The van der Waals surface area contributed by atoms with Gasteiger partial charge in [-0.05, 0) is 49.2 Å². The van der Waals surface area contributed by atoms with Crippen LogP contribution < -0.4 is 25.4 Å². The molecule has 3 N–H and O–H groups in total. The summed E-state index contributed by atoms with van der Waals surface area (Å²) in [6.07, 6.45) is 4.45. The summed E-state index contributed by atoms with van der Waals surface area (Å²) in [5.41, 5.74) is 1.21. The number of carbonyl (C=O) groups is 2. The van der Waals surface area contributed by atoms with Gasteiger partial charge >= 0.3 is 6.03 Å². The molecule has 1 aliphatic rings. The van der Waals surface area contributed by atoms with E-state index in [1.165, 1.54) is 12.8 Å². The van der Waals surface area contributed by atoms with Crippen molar-refractivity contribution in [3.63, 3.8) is 0 Å². The monoisotopic (exact) mass is 397 g/mol. The van der Waals surface area contributed by atoms with Gasteiger partial charge in [0.15, 0.2) is 0 Å². The Morgan fingerprint density at radius 1 is 1.03 bits per heavy atom. The maximum Gasteiger partial charge on any atom is 0.319 e. The summed E-state index contributed by atoms with van der Waals surface area (Å²) < 4.78 is 10.7. The molecular weight excluding hydrogens is 370 g/mol. The average Bonchev–Trinajstić information content (AvgIpc) is 3.25. The molecule has 0 bridgehead atoms. The third-order valence-electron chi connectivity index (χ3n) is 4.79. The predicted octanol–water partition coefficient (Wildman–Crippen LogP) is 3.57. The maximum absolute atomic E-state index is 12.2. The average molecular weight is 397 g/mol. The van der Waals surface area contributed by atoms with E-state index in [2.05, 4.69) is 16.0 Å². The van der Waals surface area contributed by atoms with Gasteiger partial charge in [-0.15, -0.1) is 0 Å². The van der Waals surface area contributed by atoms with E-state index in [1.807, 2.05) is 18.2 Å². The third-order valence-corrected chi connectivity index (χ3v) is 4.79. The Bertz CT molecular complexity index is 817. The van der Waals surface area contributed by atoms with Crippen molar-refractivity contribution in [1.82, 2.24) is 10.6 Å². The van der Waals surface area contributed by atoms with Crippen LogP contribution in [0.15, 0.2) is 48.5 Å². The molecule has 0 atom stereocenters. The summed E-state index contributed by atoms with van der Waals surface area (Å²) in [6.45, 7) is 0.686. The van der Waals surface area contributed by atoms with E-state index in [9.17, 15) is 9.59 Å². The molecule has 0 aliphatic heterocycles. The topological polar surface area (TPSA) is 88.7 Å². The highest BCUT2D eigenvalue weighted by Gasteiger charge is 2.17. The Kier molecular flexibility index (Phi) is 7.33. The van der Waals surface area contributed by atoms with E-state index < -0.39 is 0 Å². The summed E-state index contributed by atoms with van der Waals surface area (Å²) in [5, 5.41) is 8.52. The largest absolute Gasteiger partial charge is 0.497 e. The van der Waals surface area contributed by atoms with Gasteiger partial charge in [0.1, 0.15) is 18.1 Å². The zero-order chi connectivity index (χ0) is 20.5. The van der Waals surface area contributed by atoms with Gasteiger partial charge in [-0.2, -0.15) is 0 Å². The van der Waals surface area contributed by atoms with Gasteiger partial charge in [0, 0.05) is 23.4 Å². The fraction of sp³-hybridized carbons (Fsp3) is 0.364. The first-order valence-electron chi connectivity index (χ1n) is 9.86. The van der Waals surface area contributed by atoms with E-state index in [-0.39, 0.29) is 18.0 Å². The highest BCUT2D eigenvalue weighted by molar-refractivity contribution is 5.95. The van der Waals surface area contributed by atoms with Crippen LogP contribution >= 0.6 is 0 Å². The van der Waals surface area contributed by atoms with Crippen LogP contribution in [0.25, 0.3) is 0 Å². The summed E-state index contributed by atoms with van der Waals surface area (Å²) >= 11 is 0. The Labute approximate surface area is 170 Å². The molecule has 3 rings (SSSR count). The first-order valence-corrected chi connectivity index (χ1v) is 9.86. The van der Waals surface area contributed by atoms with Crippen molar-refractivity contribution < 1.29 is 19.1 Å². The smallest absolute Gasteiger partial charge is 0.319 e. The molecule has 1 fully saturated rings. The molecule has 0 saturated heterocycles. The first-order chi connectivity index (χ1) is 14.1. The lowest BCUT2D eigenvalue weighted by molar-refractivity contribution is 0.0938. The number of nitrogens with one attached hydrogen (secondary N) is 3. The summed E-state index contributed by atoms with van der Waals surface area (Å²) in [5.74, 6) is 1.33. The van der Waals surface area contributed by atoms with E-state index in [4.69, 9.17) is 9.47 Å². The van der Waals surface area contributed by atoms with Crippen molar-refractivity contribution >= 4 is 17.6 Å². The lowest BCUT2D eigenvalue weighted by Gasteiger charge is -2.12. The molecule has 7 nitrogen and oxygen atoms in total. The Morgan fingerprint density at radius 2 is 1.76 bits per heavy atom.